The summed E-state index contributed by atoms with van der Waals surface area (Å²) in [5.41, 5.74) is 1.45. The highest BCUT2D eigenvalue weighted by atomic mass is 127. The molecule has 0 aliphatic carbocycles. The quantitative estimate of drug-likeness (QED) is 0.217. The molecule has 14 heteroatoms. The Kier molecular flexibility index (Phi) is 10.8. The third-order valence-corrected chi connectivity index (χ3v) is 8.10. The number of aromatic nitrogens is 1. The van der Waals surface area contributed by atoms with Gasteiger partial charge in [0.2, 0.25) is 0 Å². The van der Waals surface area contributed by atoms with E-state index in [0.29, 0.717) is 47.8 Å². The smallest absolute Gasteiger partial charge is 0.343 e. The Morgan fingerprint density at radius 2 is 1.75 bits per heavy atom. The highest BCUT2D eigenvalue weighted by Gasteiger charge is 2.34. The van der Waals surface area contributed by atoms with Crippen LogP contribution in [0.25, 0.3) is 6.08 Å². The molecule has 0 spiro atoms. The number of aliphatic carboxylic acids is 1. The molecular weight excluding hydrogens is 707 g/mol. The molecule has 0 bridgehead atoms. The molecule has 0 amide bonds. The topological polar surface area (TPSA) is 152 Å². The van der Waals surface area contributed by atoms with Gasteiger partial charge < -0.3 is 28.8 Å². The molecule has 4 rings (SSSR count). The molecule has 12 nitrogen and oxygen atoms in total. The van der Waals surface area contributed by atoms with Gasteiger partial charge in [0.15, 0.2) is 29.5 Å². The molecule has 1 aromatic heterocycles. The van der Waals surface area contributed by atoms with E-state index >= 15 is 0 Å². The van der Waals surface area contributed by atoms with Gasteiger partial charge in [-0.05, 0) is 84.8 Å². The zero-order chi connectivity index (χ0) is 32.0. The number of hydrogen-bond acceptors (Lipinski definition) is 11. The van der Waals surface area contributed by atoms with Crippen LogP contribution in [0.5, 0.6) is 17.2 Å². The largest absolute Gasteiger partial charge is 0.490 e. The number of thiazole rings is 1. The van der Waals surface area contributed by atoms with Gasteiger partial charge in [-0.3, -0.25) is 9.36 Å². The number of carboxylic acids is 1. The van der Waals surface area contributed by atoms with Gasteiger partial charge in [0.05, 0.1) is 45.7 Å². The van der Waals surface area contributed by atoms with Gasteiger partial charge in [0.25, 0.3) is 5.56 Å². The van der Waals surface area contributed by atoms with Crippen molar-refractivity contribution in [3.63, 3.8) is 0 Å². The highest BCUT2D eigenvalue weighted by molar-refractivity contribution is 14.1. The lowest BCUT2D eigenvalue weighted by Crippen LogP contribution is -2.40. The minimum atomic E-state index is -1.09. The van der Waals surface area contributed by atoms with E-state index in [1.165, 1.54) is 11.7 Å². The Hall–Kier alpha value is -4.18. The summed E-state index contributed by atoms with van der Waals surface area (Å²) < 4.78 is 29.2. The number of carbonyl (C=O) groups excluding carboxylic acids is 2. The molecule has 44 heavy (non-hydrogen) atoms. The number of nitrogens with zero attached hydrogens (tertiary/aromatic N) is 2. The lowest BCUT2D eigenvalue weighted by molar-refractivity contribution is -0.143. The average Bonchev–Trinajstić information content (AvgIpc) is 3.28. The number of benzene rings is 2. The first kappa shape index (κ1) is 32.7. The molecule has 0 unspecified atom stereocenters. The first-order valence-electron chi connectivity index (χ1n) is 13.4. The van der Waals surface area contributed by atoms with E-state index in [4.69, 9.17) is 24.1 Å². The molecule has 0 saturated carbocycles. The van der Waals surface area contributed by atoms with E-state index in [2.05, 4.69) is 9.73 Å². The summed E-state index contributed by atoms with van der Waals surface area (Å²) in [6.07, 6.45) is 1.70. The van der Waals surface area contributed by atoms with Crippen LogP contribution in [-0.4, -0.2) is 61.1 Å². The van der Waals surface area contributed by atoms with Crippen LogP contribution < -0.4 is 29.1 Å². The average molecular weight is 737 g/mol. The fourth-order valence-electron chi connectivity index (χ4n) is 4.40. The predicted octanol–water partition coefficient (Wildman–Crippen LogP) is 2.82. The zero-order valence-electron chi connectivity index (χ0n) is 24.2. The van der Waals surface area contributed by atoms with Crippen molar-refractivity contribution in [1.82, 2.24) is 4.57 Å². The van der Waals surface area contributed by atoms with Crippen LogP contribution in [-0.2, 0) is 23.9 Å². The molecule has 232 valence electrons. The lowest BCUT2D eigenvalue weighted by atomic mass is 9.95. The second-order valence-corrected chi connectivity index (χ2v) is 11.3. The number of ether oxygens (including phenoxy) is 5. The van der Waals surface area contributed by atoms with Gasteiger partial charge in [-0.15, -0.1) is 0 Å². The minimum Gasteiger partial charge on any atom is -0.490 e. The zero-order valence-corrected chi connectivity index (χ0v) is 27.2. The first-order chi connectivity index (χ1) is 21.1. The summed E-state index contributed by atoms with van der Waals surface area (Å²) in [5, 5.41) is 8.90. The van der Waals surface area contributed by atoms with Crippen molar-refractivity contribution >= 4 is 57.9 Å². The van der Waals surface area contributed by atoms with Crippen molar-refractivity contribution in [2.45, 2.75) is 26.8 Å². The number of fused-ring (bicyclic) bond motifs is 1. The van der Waals surface area contributed by atoms with Crippen molar-refractivity contribution in [1.29, 1.82) is 0 Å². The number of halogens is 1. The van der Waals surface area contributed by atoms with E-state index < -0.39 is 30.6 Å². The first-order valence-corrected chi connectivity index (χ1v) is 15.3. The van der Waals surface area contributed by atoms with Crippen LogP contribution in [0.2, 0.25) is 0 Å². The number of allylic oxidation sites excluding steroid dienone is 1. The van der Waals surface area contributed by atoms with Crippen LogP contribution in [0, 0.1) is 3.57 Å². The lowest BCUT2D eigenvalue weighted by Gasteiger charge is -2.25. The van der Waals surface area contributed by atoms with Crippen molar-refractivity contribution in [2.24, 2.45) is 4.99 Å². The Morgan fingerprint density at radius 1 is 1.02 bits per heavy atom. The standard InChI is InChI=1S/C30H29IN2O10S/c1-5-40-22-13-18(8-10-21(22)43-15-25(36)39-4)27-26(29(38)41-6-2)16(3)32-30-33(27)28(37)23(44-30)12-17-7-9-20(19(31)11-17)42-14-24(34)35/h7-13,27H,5-6,14-15H2,1-4H3,(H,34,35)/b23-12-/t27-/m1/s1. The van der Waals surface area contributed by atoms with Crippen molar-refractivity contribution < 1.29 is 43.2 Å². The fraction of sp³-hybridized carbons (Fsp3) is 0.300. The summed E-state index contributed by atoms with van der Waals surface area (Å²) in [6.45, 7) is 4.79. The second-order valence-electron chi connectivity index (χ2n) is 9.18. The molecule has 2 heterocycles. The van der Waals surface area contributed by atoms with Crippen LogP contribution in [0.15, 0.2) is 57.5 Å². The highest BCUT2D eigenvalue weighted by Crippen LogP contribution is 2.36. The molecule has 1 atom stereocenters. The van der Waals surface area contributed by atoms with Gasteiger partial charge >= 0.3 is 17.9 Å². The number of esters is 2. The van der Waals surface area contributed by atoms with Gasteiger partial charge in [-0.1, -0.05) is 23.5 Å². The van der Waals surface area contributed by atoms with E-state index in [1.807, 2.05) is 22.6 Å². The van der Waals surface area contributed by atoms with Crippen LogP contribution in [0.3, 0.4) is 0 Å². The molecule has 3 aromatic rings. The molecule has 1 N–H and O–H groups in total. The molecule has 0 saturated heterocycles. The van der Waals surface area contributed by atoms with Gasteiger partial charge in [0.1, 0.15) is 5.75 Å². The van der Waals surface area contributed by atoms with Gasteiger partial charge in [0, 0.05) is 0 Å². The summed E-state index contributed by atoms with van der Waals surface area (Å²) >= 11 is 3.20. The van der Waals surface area contributed by atoms with E-state index in [9.17, 15) is 19.2 Å². The van der Waals surface area contributed by atoms with Gasteiger partial charge in [-0.2, -0.15) is 0 Å². The van der Waals surface area contributed by atoms with Crippen molar-refractivity contribution in [3.05, 3.63) is 82.1 Å². The Labute approximate surface area is 269 Å². The number of rotatable bonds is 12. The maximum absolute atomic E-state index is 14.0. The van der Waals surface area contributed by atoms with E-state index in [1.54, 1.807) is 63.2 Å². The second kappa shape index (κ2) is 14.5. The van der Waals surface area contributed by atoms with Crippen molar-refractivity contribution in [3.8, 4) is 17.2 Å². The number of methoxy groups -OCH3 is 1. The van der Waals surface area contributed by atoms with Crippen molar-refractivity contribution in [2.75, 3.05) is 33.5 Å². The van der Waals surface area contributed by atoms with Crippen LogP contribution >= 0.6 is 33.9 Å². The monoisotopic (exact) mass is 736 g/mol. The fourth-order valence-corrected chi connectivity index (χ4v) is 6.14. The molecule has 2 aromatic carbocycles. The Morgan fingerprint density at radius 3 is 2.41 bits per heavy atom. The third-order valence-electron chi connectivity index (χ3n) is 6.28. The normalized spacial score (nSPS) is 14.4. The molecule has 1 aliphatic heterocycles. The Bertz CT molecular complexity index is 1810. The predicted molar refractivity (Wildman–Crippen MR) is 168 cm³/mol. The SMILES string of the molecule is CCOC(=O)C1=C(C)N=c2s/c(=C\c3ccc(OCC(=O)O)c(I)c3)c(=O)n2[C@@H]1c1ccc(OCC(=O)OC)c(OCC)c1. The van der Waals surface area contributed by atoms with E-state index in [-0.39, 0.29) is 30.1 Å². The maximum Gasteiger partial charge on any atom is 0.343 e. The summed E-state index contributed by atoms with van der Waals surface area (Å²) in [6, 6.07) is 9.18. The third kappa shape index (κ3) is 7.30. The van der Waals surface area contributed by atoms with Gasteiger partial charge in [-0.25, -0.2) is 19.4 Å². The summed E-state index contributed by atoms with van der Waals surface area (Å²) in [4.78, 5) is 54.7. The maximum atomic E-state index is 14.0. The van der Waals surface area contributed by atoms with Crippen LogP contribution in [0.1, 0.15) is 37.9 Å². The minimum absolute atomic E-state index is 0.127. The number of carbonyl (C=O) groups is 3. The van der Waals surface area contributed by atoms with E-state index in [0.717, 1.165) is 11.3 Å². The summed E-state index contributed by atoms with van der Waals surface area (Å²) in [5.74, 6) is -1.25. The molecule has 0 radical (unpaired) electrons. The molecular formula is C30H29IN2O10S. The molecule has 1 aliphatic rings. The summed E-state index contributed by atoms with van der Waals surface area (Å²) in [7, 11) is 1.26. The Balaban J connectivity index is 1.84. The number of carboxylic acid groups (broad SMARTS) is 1. The molecule has 0 fully saturated rings. The van der Waals surface area contributed by atoms with Crippen LogP contribution in [0.4, 0.5) is 0 Å². The number of hydrogen-bond donors (Lipinski definition) is 1.